The summed E-state index contributed by atoms with van der Waals surface area (Å²) in [6, 6.07) is 6.18. The van der Waals surface area contributed by atoms with Crippen LogP contribution in [0.1, 0.15) is 12.8 Å². The van der Waals surface area contributed by atoms with Crippen LogP contribution in [-0.2, 0) is 0 Å². The van der Waals surface area contributed by atoms with E-state index in [2.05, 4.69) is 70.7 Å². The number of nitrogens with two attached hydrogens (primary N) is 1. The van der Waals surface area contributed by atoms with Gasteiger partial charge in [-0.3, -0.25) is 5.10 Å². The maximum atomic E-state index is 5.79. The third kappa shape index (κ3) is 3.40. The van der Waals surface area contributed by atoms with Gasteiger partial charge in [0.25, 0.3) is 0 Å². The van der Waals surface area contributed by atoms with Crippen molar-refractivity contribution in [2.75, 3.05) is 24.5 Å². The van der Waals surface area contributed by atoms with Gasteiger partial charge in [0.1, 0.15) is 0 Å². The van der Waals surface area contributed by atoms with Gasteiger partial charge in [-0.25, -0.2) is 0 Å². The Morgan fingerprint density at radius 3 is 3.14 bits per heavy atom. The highest BCUT2D eigenvalue weighted by atomic mass is 127. The minimum absolute atomic E-state index is 0.546. The number of benzene rings is 1. The first kappa shape index (κ1) is 15.2. The van der Waals surface area contributed by atoms with Gasteiger partial charge < -0.3 is 10.6 Å². The molecule has 1 aliphatic rings. The zero-order valence-corrected chi connectivity index (χ0v) is 15.3. The standard InChI is InChI=1S/C14H17BrIN5/c15-12-4-3-10(16)6-11(12)13-18-14(20-19-13)21-5-1-2-9(7-17)8-21/h3-4,6,9H,1-2,5,7-8,17H2,(H,18,19,20). The quantitative estimate of drug-likeness (QED) is 0.689. The number of nitrogens with zero attached hydrogens (tertiary/aromatic N) is 3. The second-order valence-corrected chi connectivity index (χ2v) is 7.40. The number of rotatable bonds is 3. The van der Waals surface area contributed by atoms with E-state index < -0.39 is 0 Å². The summed E-state index contributed by atoms with van der Waals surface area (Å²) in [4.78, 5) is 6.89. The van der Waals surface area contributed by atoms with E-state index in [-0.39, 0.29) is 0 Å². The topological polar surface area (TPSA) is 70.8 Å². The zero-order chi connectivity index (χ0) is 14.8. The van der Waals surface area contributed by atoms with Crippen LogP contribution < -0.4 is 10.6 Å². The Hall–Kier alpha value is -0.670. The van der Waals surface area contributed by atoms with E-state index in [4.69, 9.17) is 5.73 Å². The predicted molar refractivity (Wildman–Crippen MR) is 96.2 cm³/mol. The second-order valence-electron chi connectivity index (χ2n) is 5.30. The van der Waals surface area contributed by atoms with Crippen molar-refractivity contribution in [1.29, 1.82) is 0 Å². The van der Waals surface area contributed by atoms with Crippen molar-refractivity contribution in [3.05, 3.63) is 26.2 Å². The van der Waals surface area contributed by atoms with Crippen LogP contribution in [0.3, 0.4) is 0 Å². The van der Waals surface area contributed by atoms with Crippen LogP contribution in [0.2, 0.25) is 0 Å². The first-order valence-corrected chi connectivity index (χ1v) is 8.87. The van der Waals surface area contributed by atoms with E-state index in [0.717, 1.165) is 47.9 Å². The average Bonchev–Trinajstić information content (AvgIpc) is 2.99. The number of anilines is 1. The molecule has 3 rings (SSSR count). The van der Waals surface area contributed by atoms with Crippen LogP contribution in [0.25, 0.3) is 11.4 Å². The monoisotopic (exact) mass is 461 g/mol. The molecule has 1 aromatic heterocycles. The van der Waals surface area contributed by atoms with E-state index >= 15 is 0 Å². The Labute approximate surface area is 146 Å². The molecule has 0 aliphatic carbocycles. The summed E-state index contributed by atoms with van der Waals surface area (Å²) in [7, 11) is 0. The molecule has 0 amide bonds. The highest BCUT2D eigenvalue weighted by Gasteiger charge is 2.22. The fourth-order valence-electron chi connectivity index (χ4n) is 2.63. The number of hydrogen-bond donors (Lipinski definition) is 2. The third-order valence-corrected chi connectivity index (χ3v) is 5.15. The molecule has 5 nitrogen and oxygen atoms in total. The Balaban J connectivity index is 1.84. The van der Waals surface area contributed by atoms with Crippen LogP contribution in [-0.4, -0.2) is 34.8 Å². The molecule has 0 saturated carbocycles. The van der Waals surface area contributed by atoms with Crippen molar-refractivity contribution >= 4 is 44.5 Å². The van der Waals surface area contributed by atoms with Crippen LogP contribution in [0.4, 0.5) is 5.95 Å². The molecular formula is C14H17BrIN5. The van der Waals surface area contributed by atoms with E-state index in [1.165, 1.54) is 9.99 Å². The molecular weight excluding hydrogens is 445 g/mol. The Morgan fingerprint density at radius 1 is 1.48 bits per heavy atom. The number of aromatic amines is 1. The maximum absolute atomic E-state index is 5.79. The number of aromatic nitrogens is 3. The molecule has 1 aromatic carbocycles. The summed E-state index contributed by atoms with van der Waals surface area (Å²) in [5.74, 6) is 2.12. The molecule has 1 atom stereocenters. The fraction of sp³-hybridized carbons (Fsp3) is 0.429. The zero-order valence-electron chi connectivity index (χ0n) is 11.5. The first-order chi connectivity index (χ1) is 10.2. The molecule has 1 aliphatic heterocycles. The molecule has 0 radical (unpaired) electrons. The van der Waals surface area contributed by atoms with Gasteiger partial charge in [0.15, 0.2) is 5.82 Å². The number of nitrogens with one attached hydrogen (secondary N) is 1. The van der Waals surface area contributed by atoms with Gasteiger partial charge in [-0.05, 0) is 66.1 Å². The fourth-order valence-corrected chi connectivity index (χ4v) is 3.56. The van der Waals surface area contributed by atoms with E-state index in [0.29, 0.717) is 5.92 Å². The minimum atomic E-state index is 0.546. The molecule has 2 heterocycles. The summed E-state index contributed by atoms with van der Waals surface area (Å²) < 4.78 is 2.19. The van der Waals surface area contributed by atoms with Crippen LogP contribution in [0.15, 0.2) is 22.7 Å². The van der Waals surface area contributed by atoms with Crippen molar-refractivity contribution in [2.45, 2.75) is 12.8 Å². The Kier molecular flexibility index (Phi) is 4.80. The van der Waals surface area contributed by atoms with Gasteiger partial charge in [0.05, 0.1) is 0 Å². The van der Waals surface area contributed by atoms with Crippen molar-refractivity contribution in [3.63, 3.8) is 0 Å². The highest BCUT2D eigenvalue weighted by molar-refractivity contribution is 14.1. The van der Waals surface area contributed by atoms with Gasteiger partial charge in [-0.15, -0.1) is 5.10 Å². The summed E-state index contributed by atoms with van der Waals surface area (Å²) in [5.41, 5.74) is 6.83. The van der Waals surface area contributed by atoms with E-state index in [1.807, 2.05) is 6.07 Å². The molecule has 0 bridgehead atoms. The molecule has 0 spiro atoms. The van der Waals surface area contributed by atoms with E-state index in [1.54, 1.807) is 0 Å². The number of piperidine rings is 1. The molecule has 21 heavy (non-hydrogen) atoms. The number of halogens is 2. The van der Waals surface area contributed by atoms with Crippen molar-refractivity contribution in [3.8, 4) is 11.4 Å². The third-order valence-electron chi connectivity index (χ3n) is 3.79. The molecule has 112 valence electrons. The molecule has 7 heteroatoms. The molecule has 2 aromatic rings. The van der Waals surface area contributed by atoms with Gasteiger partial charge in [-0.2, -0.15) is 4.98 Å². The second kappa shape index (κ2) is 6.62. The van der Waals surface area contributed by atoms with Crippen molar-refractivity contribution < 1.29 is 0 Å². The van der Waals surface area contributed by atoms with Gasteiger partial charge in [-0.1, -0.05) is 15.9 Å². The lowest BCUT2D eigenvalue weighted by molar-refractivity contribution is 0.420. The van der Waals surface area contributed by atoms with E-state index in [9.17, 15) is 0 Å². The van der Waals surface area contributed by atoms with Crippen LogP contribution >= 0.6 is 38.5 Å². The molecule has 1 fully saturated rings. The smallest absolute Gasteiger partial charge is 0.245 e. The lowest BCUT2D eigenvalue weighted by Gasteiger charge is -2.31. The average molecular weight is 462 g/mol. The summed E-state index contributed by atoms with van der Waals surface area (Å²) in [6.45, 7) is 2.68. The number of H-pyrrole nitrogens is 1. The highest BCUT2D eigenvalue weighted by Crippen LogP contribution is 2.29. The van der Waals surface area contributed by atoms with Crippen molar-refractivity contribution in [2.24, 2.45) is 11.7 Å². The SMILES string of the molecule is NCC1CCCN(c2n[nH]c(-c3cc(I)ccc3Br)n2)C1. The minimum Gasteiger partial charge on any atom is -0.339 e. The van der Waals surface area contributed by atoms with Crippen LogP contribution in [0.5, 0.6) is 0 Å². The normalized spacial score (nSPS) is 19.0. The van der Waals surface area contributed by atoms with Crippen LogP contribution in [0, 0.1) is 9.49 Å². The Morgan fingerprint density at radius 2 is 2.33 bits per heavy atom. The van der Waals surface area contributed by atoms with Crippen molar-refractivity contribution in [1.82, 2.24) is 15.2 Å². The largest absolute Gasteiger partial charge is 0.339 e. The first-order valence-electron chi connectivity index (χ1n) is 7.00. The Bertz CT molecular complexity index is 630. The lowest BCUT2D eigenvalue weighted by atomic mass is 9.99. The summed E-state index contributed by atoms with van der Waals surface area (Å²) in [6.07, 6.45) is 2.35. The van der Waals surface area contributed by atoms with Gasteiger partial charge in [0.2, 0.25) is 5.95 Å². The molecule has 1 unspecified atom stereocenters. The number of hydrogen-bond acceptors (Lipinski definition) is 4. The van der Waals surface area contributed by atoms with Gasteiger partial charge in [0, 0.05) is 26.7 Å². The lowest BCUT2D eigenvalue weighted by Crippen LogP contribution is -2.38. The van der Waals surface area contributed by atoms with Gasteiger partial charge >= 0.3 is 0 Å². The summed E-state index contributed by atoms with van der Waals surface area (Å²) in [5, 5.41) is 7.43. The molecule has 1 saturated heterocycles. The summed E-state index contributed by atoms with van der Waals surface area (Å²) >= 11 is 5.87. The molecule has 3 N–H and O–H groups in total. The maximum Gasteiger partial charge on any atom is 0.245 e. The predicted octanol–water partition coefficient (Wildman–Crippen LogP) is 3.01.